The fourth-order valence-electron chi connectivity index (χ4n) is 2.11. The lowest BCUT2D eigenvalue weighted by atomic mass is 10.1. The summed E-state index contributed by atoms with van der Waals surface area (Å²) in [7, 11) is 0. The monoisotopic (exact) mass is 352 g/mol. The van der Waals surface area contributed by atoms with Crippen molar-refractivity contribution in [3.05, 3.63) is 105 Å². The van der Waals surface area contributed by atoms with Crippen LogP contribution in [-0.4, -0.2) is 0 Å². The van der Waals surface area contributed by atoms with Gasteiger partial charge < -0.3 is 0 Å². The molecule has 0 radical (unpaired) electrons. The van der Waals surface area contributed by atoms with Gasteiger partial charge in [0.05, 0.1) is 0 Å². The van der Waals surface area contributed by atoms with Crippen molar-refractivity contribution in [3.8, 4) is 0 Å². The maximum Gasteiger partial charge on any atom is 0.0435 e. The minimum absolute atomic E-state index is 0.840. The molecule has 0 saturated heterocycles. The van der Waals surface area contributed by atoms with Gasteiger partial charge in [0.1, 0.15) is 0 Å². The van der Waals surface area contributed by atoms with Crippen LogP contribution in [0.5, 0.6) is 0 Å². The van der Waals surface area contributed by atoms with Crippen LogP contribution in [0.3, 0.4) is 0 Å². The molecule has 0 nitrogen and oxygen atoms in total. The average molecular weight is 353 g/mol. The molecule has 3 aromatic rings. The van der Waals surface area contributed by atoms with Crippen LogP contribution in [0.15, 0.2) is 66.7 Å². The zero-order chi connectivity index (χ0) is 18.8. The topological polar surface area (TPSA) is 0 Å². The van der Waals surface area contributed by atoms with Crippen molar-refractivity contribution in [2.75, 3.05) is 0 Å². The molecule has 0 aliphatic carbocycles. The molecule has 25 heavy (non-hydrogen) atoms. The fourth-order valence-corrected chi connectivity index (χ4v) is 2.24. The number of halogens is 1. The van der Waals surface area contributed by atoms with Gasteiger partial charge in [-0.1, -0.05) is 77.8 Å². The molecule has 0 aromatic heterocycles. The summed E-state index contributed by atoms with van der Waals surface area (Å²) in [6.07, 6.45) is 0. The molecule has 3 rings (SSSR count). The van der Waals surface area contributed by atoms with Crippen molar-refractivity contribution >= 4 is 11.6 Å². The Morgan fingerprint density at radius 3 is 1.24 bits per heavy atom. The lowest BCUT2D eigenvalue weighted by Crippen LogP contribution is -1.79. The molecule has 0 amide bonds. The number of hydrogen-bond donors (Lipinski definition) is 0. The van der Waals surface area contributed by atoms with Crippen LogP contribution in [0.1, 0.15) is 33.4 Å². The van der Waals surface area contributed by atoms with Crippen LogP contribution >= 0.6 is 11.6 Å². The van der Waals surface area contributed by atoms with E-state index in [0.29, 0.717) is 0 Å². The molecule has 1 heteroatoms. The SMILES string of the molecule is Cc1ccc(C)c(C)c1.Cc1ccccc1C.Cc1ccccc1Cl. The summed E-state index contributed by atoms with van der Waals surface area (Å²) in [6.45, 7) is 12.6. The lowest BCUT2D eigenvalue weighted by Gasteiger charge is -1.98. The van der Waals surface area contributed by atoms with Gasteiger partial charge in [0.15, 0.2) is 0 Å². The van der Waals surface area contributed by atoms with E-state index in [-0.39, 0.29) is 0 Å². The van der Waals surface area contributed by atoms with Crippen molar-refractivity contribution in [2.24, 2.45) is 0 Å². The summed E-state index contributed by atoms with van der Waals surface area (Å²) in [4.78, 5) is 0. The third-order valence-electron chi connectivity index (χ3n) is 4.16. The smallest absolute Gasteiger partial charge is 0.0435 e. The number of rotatable bonds is 0. The van der Waals surface area contributed by atoms with E-state index < -0.39 is 0 Å². The Hall–Kier alpha value is -2.05. The molecule has 0 bridgehead atoms. The maximum atomic E-state index is 5.71. The summed E-state index contributed by atoms with van der Waals surface area (Å²) in [5.74, 6) is 0. The van der Waals surface area contributed by atoms with Crippen LogP contribution in [0.2, 0.25) is 5.02 Å². The molecule has 0 fully saturated rings. The van der Waals surface area contributed by atoms with E-state index in [1.807, 2.05) is 31.2 Å². The van der Waals surface area contributed by atoms with Crippen LogP contribution in [0.25, 0.3) is 0 Å². The standard InChI is InChI=1S/C9H12.C8H10.C7H7Cl/c1-7-4-5-8(2)9(3)6-7;1-7-5-3-4-6-8(7)2;1-6-4-2-3-5-7(6)8/h4-6H,1-3H3;3-6H,1-2H3;2-5H,1H3. The van der Waals surface area contributed by atoms with Crippen LogP contribution in [0.4, 0.5) is 0 Å². The Morgan fingerprint density at radius 1 is 0.480 bits per heavy atom. The Bertz CT molecular complexity index is 702. The largest absolute Gasteiger partial charge is 0.0841 e. The van der Waals surface area contributed by atoms with Crippen LogP contribution < -0.4 is 0 Å². The Labute approximate surface area is 158 Å². The Balaban J connectivity index is 0.000000188. The van der Waals surface area contributed by atoms with Crippen molar-refractivity contribution in [1.29, 1.82) is 0 Å². The quantitative estimate of drug-likeness (QED) is 0.391. The second-order valence-corrected chi connectivity index (χ2v) is 6.83. The van der Waals surface area contributed by atoms with Gasteiger partial charge in [0.25, 0.3) is 0 Å². The lowest BCUT2D eigenvalue weighted by molar-refractivity contribution is 1.30. The minimum atomic E-state index is 0.840. The first-order valence-electron chi connectivity index (χ1n) is 8.58. The maximum absolute atomic E-state index is 5.71. The molecular formula is C24H29Cl. The Morgan fingerprint density at radius 2 is 0.920 bits per heavy atom. The minimum Gasteiger partial charge on any atom is -0.0841 e. The van der Waals surface area contributed by atoms with Gasteiger partial charge in [-0.3, -0.25) is 0 Å². The zero-order valence-electron chi connectivity index (χ0n) is 16.2. The highest BCUT2D eigenvalue weighted by Gasteiger charge is 1.89. The fraction of sp³-hybridized carbons (Fsp3) is 0.250. The highest BCUT2D eigenvalue weighted by Crippen LogP contribution is 2.12. The summed E-state index contributed by atoms with van der Waals surface area (Å²) < 4.78 is 0. The molecule has 132 valence electrons. The predicted octanol–water partition coefficient (Wildman–Crippen LogP) is 7.56. The molecule has 3 aromatic carbocycles. The highest BCUT2D eigenvalue weighted by molar-refractivity contribution is 6.31. The number of hydrogen-bond acceptors (Lipinski definition) is 0. The second-order valence-electron chi connectivity index (χ2n) is 6.42. The van der Waals surface area contributed by atoms with Gasteiger partial charge in [-0.05, 0) is 75.4 Å². The van der Waals surface area contributed by atoms with Gasteiger partial charge in [-0.25, -0.2) is 0 Å². The first-order valence-corrected chi connectivity index (χ1v) is 8.96. The van der Waals surface area contributed by atoms with E-state index >= 15 is 0 Å². The van der Waals surface area contributed by atoms with Crippen molar-refractivity contribution in [3.63, 3.8) is 0 Å². The van der Waals surface area contributed by atoms with Crippen molar-refractivity contribution in [2.45, 2.75) is 41.5 Å². The summed E-state index contributed by atoms with van der Waals surface area (Å²) in [5.41, 5.74) is 7.97. The molecule has 0 spiro atoms. The summed E-state index contributed by atoms with van der Waals surface area (Å²) in [5, 5.41) is 0.840. The predicted molar refractivity (Wildman–Crippen MR) is 113 cm³/mol. The van der Waals surface area contributed by atoms with E-state index in [0.717, 1.165) is 10.6 Å². The van der Waals surface area contributed by atoms with Gasteiger partial charge in [0, 0.05) is 5.02 Å². The number of aryl methyl sites for hydroxylation is 6. The summed E-state index contributed by atoms with van der Waals surface area (Å²) >= 11 is 5.71. The molecular weight excluding hydrogens is 324 g/mol. The van der Waals surface area contributed by atoms with E-state index in [9.17, 15) is 0 Å². The molecule has 0 unspecified atom stereocenters. The van der Waals surface area contributed by atoms with Gasteiger partial charge in [-0.2, -0.15) is 0 Å². The average Bonchev–Trinajstić information content (AvgIpc) is 2.58. The van der Waals surface area contributed by atoms with E-state index in [2.05, 4.69) is 77.1 Å². The van der Waals surface area contributed by atoms with Crippen molar-refractivity contribution in [1.82, 2.24) is 0 Å². The van der Waals surface area contributed by atoms with Gasteiger partial charge >= 0.3 is 0 Å². The van der Waals surface area contributed by atoms with Gasteiger partial charge in [-0.15, -0.1) is 0 Å². The first kappa shape index (κ1) is 21.0. The van der Waals surface area contributed by atoms with Gasteiger partial charge in [0.2, 0.25) is 0 Å². The molecule has 0 aliphatic rings. The second kappa shape index (κ2) is 10.7. The molecule has 0 saturated carbocycles. The van der Waals surface area contributed by atoms with Crippen molar-refractivity contribution < 1.29 is 0 Å². The van der Waals surface area contributed by atoms with E-state index in [1.54, 1.807) is 0 Å². The van der Waals surface area contributed by atoms with Crippen LogP contribution in [0, 0.1) is 41.5 Å². The molecule has 0 N–H and O–H groups in total. The summed E-state index contributed by atoms with van der Waals surface area (Å²) in [6, 6.07) is 22.6. The highest BCUT2D eigenvalue weighted by atomic mass is 35.5. The normalized spacial score (nSPS) is 9.40. The molecule has 0 aliphatic heterocycles. The van der Waals surface area contributed by atoms with E-state index in [1.165, 1.54) is 27.8 Å². The third-order valence-corrected chi connectivity index (χ3v) is 4.59. The Kier molecular flexibility index (Phi) is 9.02. The number of benzene rings is 3. The first-order chi connectivity index (χ1) is 11.8. The molecule has 0 atom stereocenters. The third kappa shape index (κ3) is 8.05. The zero-order valence-corrected chi connectivity index (χ0v) is 17.0. The van der Waals surface area contributed by atoms with E-state index in [4.69, 9.17) is 11.6 Å². The molecule has 0 heterocycles. The van der Waals surface area contributed by atoms with Crippen LogP contribution in [-0.2, 0) is 0 Å².